The van der Waals surface area contributed by atoms with Gasteiger partial charge in [-0.15, -0.1) is 0 Å². The van der Waals surface area contributed by atoms with E-state index < -0.39 is 0 Å². The first-order chi connectivity index (χ1) is 9.42. The molecule has 0 aliphatic heterocycles. The van der Waals surface area contributed by atoms with Gasteiger partial charge < -0.3 is 10.1 Å². The zero-order valence-corrected chi connectivity index (χ0v) is 13.3. The second-order valence-corrected chi connectivity index (χ2v) is 7.11. The van der Waals surface area contributed by atoms with Crippen LogP contribution in [0.3, 0.4) is 0 Å². The highest BCUT2D eigenvalue weighted by Crippen LogP contribution is 2.26. The first kappa shape index (κ1) is 15.3. The lowest BCUT2D eigenvalue weighted by atomic mass is 9.89. The first-order valence-electron chi connectivity index (χ1n) is 7.79. The molecule has 2 rings (SSSR count). The van der Waals surface area contributed by atoms with Crippen molar-refractivity contribution in [2.24, 2.45) is 5.92 Å². The molecule has 0 saturated heterocycles. The Hall–Kier alpha value is -1.09. The van der Waals surface area contributed by atoms with Crippen molar-refractivity contribution in [2.45, 2.75) is 71.6 Å². The van der Waals surface area contributed by atoms with E-state index in [0.29, 0.717) is 6.10 Å². The molecule has 0 bridgehead atoms. The number of ether oxygens (including phenoxy) is 1. The summed E-state index contributed by atoms with van der Waals surface area (Å²) in [7, 11) is 0. The summed E-state index contributed by atoms with van der Waals surface area (Å²) < 4.78 is 6.04. The quantitative estimate of drug-likeness (QED) is 0.905. The Labute approximate surface area is 123 Å². The standard InChI is InChI=1S/C17H28N2O/c1-13-5-7-15(8-6-13)20-16-11-14(9-10-18-16)12-19-17(2,3)4/h9-11,13,15,19H,5-8,12H2,1-4H3. The predicted molar refractivity (Wildman–Crippen MR) is 82.9 cm³/mol. The normalized spacial score (nSPS) is 23.6. The molecule has 0 unspecified atom stereocenters. The fraction of sp³-hybridized carbons (Fsp3) is 0.706. The molecule has 1 heterocycles. The van der Waals surface area contributed by atoms with E-state index >= 15 is 0 Å². The van der Waals surface area contributed by atoms with Crippen molar-refractivity contribution in [3.05, 3.63) is 23.9 Å². The van der Waals surface area contributed by atoms with Gasteiger partial charge in [0.1, 0.15) is 6.10 Å². The topological polar surface area (TPSA) is 34.1 Å². The van der Waals surface area contributed by atoms with Gasteiger partial charge in [-0.1, -0.05) is 6.92 Å². The smallest absolute Gasteiger partial charge is 0.213 e. The van der Waals surface area contributed by atoms with Crippen molar-refractivity contribution < 1.29 is 4.74 Å². The molecule has 1 aromatic heterocycles. The molecule has 1 N–H and O–H groups in total. The van der Waals surface area contributed by atoms with Gasteiger partial charge in [-0.2, -0.15) is 0 Å². The summed E-state index contributed by atoms with van der Waals surface area (Å²) >= 11 is 0. The summed E-state index contributed by atoms with van der Waals surface area (Å²) in [5.41, 5.74) is 1.36. The van der Waals surface area contributed by atoms with Crippen LogP contribution in [0, 0.1) is 5.92 Å². The van der Waals surface area contributed by atoms with Gasteiger partial charge in [0.2, 0.25) is 5.88 Å². The molecular weight excluding hydrogens is 248 g/mol. The summed E-state index contributed by atoms with van der Waals surface area (Å²) in [6.07, 6.45) is 7.07. The van der Waals surface area contributed by atoms with Crippen LogP contribution in [-0.4, -0.2) is 16.6 Å². The number of rotatable bonds is 4. The lowest BCUT2D eigenvalue weighted by molar-refractivity contribution is 0.130. The Morgan fingerprint density at radius 2 is 1.95 bits per heavy atom. The van der Waals surface area contributed by atoms with Crippen molar-refractivity contribution >= 4 is 0 Å². The maximum Gasteiger partial charge on any atom is 0.213 e. The van der Waals surface area contributed by atoms with Gasteiger partial charge in [-0.25, -0.2) is 4.98 Å². The molecule has 1 fully saturated rings. The average molecular weight is 276 g/mol. The Balaban J connectivity index is 1.89. The molecule has 1 saturated carbocycles. The molecular formula is C17H28N2O. The number of nitrogens with one attached hydrogen (secondary N) is 1. The Bertz CT molecular complexity index is 417. The summed E-state index contributed by atoms with van der Waals surface area (Å²) in [6.45, 7) is 9.70. The highest BCUT2D eigenvalue weighted by atomic mass is 16.5. The molecule has 112 valence electrons. The van der Waals surface area contributed by atoms with Crippen LogP contribution in [0.4, 0.5) is 0 Å². The Morgan fingerprint density at radius 3 is 2.60 bits per heavy atom. The van der Waals surface area contributed by atoms with E-state index in [2.05, 4.69) is 50.1 Å². The zero-order chi connectivity index (χ0) is 14.6. The highest BCUT2D eigenvalue weighted by Gasteiger charge is 2.20. The summed E-state index contributed by atoms with van der Waals surface area (Å²) in [6, 6.07) is 4.12. The summed E-state index contributed by atoms with van der Waals surface area (Å²) in [5, 5.41) is 3.49. The Morgan fingerprint density at radius 1 is 1.25 bits per heavy atom. The fourth-order valence-electron chi connectivity index (χ4n) is 2.51. The number of aromatic nitrogens is 1. The van der Waals surface area contributed by atoms with E-state index in [1.807, 2.05) is 6.20 Å². The fourth-order valence-corrected chi connectivity index (χ4v) is 2.51. The molecule has 0 amide bonds. The van der Waals surface area contributed by atoms with Gasteiger partial charge in [0.05, 0.1) is 0 Å². The lowest BCUT2D eigenvalue weighted by Crippen LogP contribution is -2.35. The predicted octanol–water partition coefficient (Wildman–Crippen LogP) is 3.93. The van der Waals surface area contributed by atoms with Crippen LogP contribution in [0.2, 0.25) is 0 Å². The molecule has 20 heavy (non-hydrogen) atoms. The van der Waals surface area contributed by atoms with E-state index in [1.54, 1.807) is 0 Å². The van der Waals surface area contributed by atoms with Crippen LogP contribution < -0.4 is 10.1 Å². The van der Waals surface area contributed by atoms with Gasteiger partial charge in [0.15, 0.2) is 0 Å². The molecule has 0 radical (unpaired) electrons. The van der Waals surface area contributed by atoms with E-state index in [4.69, 9.17) is 4.74 Å². The molecule has 3 nitrogen and oxygen atoms in total. The maximum absolute atomic E-state index is 6.04. The number of hydrogen-bond donors (Lipinski definition) is 1. The third kappa shape index (κ3) is 5.12. The average Bonchev–Trinajstić information content (AvgIpc) is 2.39. The van der Waals surface area contributed by atoms with Gasteiger partial charge in [-0.05, 0) is 64.0 Å². The second-order valence-electron chi connectivity index (χ2n) is 7.11. The van der Waals surface area contributed by atoms with Crippen LogP contribution in [0.25, 0.3) is 0 Å². The Kier molecular flexibility index (Phi) is 5.03. The van der Waals surface area contributed by atoms with Crippen molar-refractivity contribution in [2.75, 3.05) is 0 Å². The monoisotopic (exact) mass is 276 g/mol. The minimum Gasteiger partial charge on any atom is -0.474 e. The van der Waals surface area contributed by atoms with Crippen molar-refractivity contribution in [3.63, 3.8) is 0 Å². The van der Waals surface area contributed by atoms with Crippen molar-refractivity contribution in [1.82, 2.24) is 10.3 Å². The van der Waals surface area contributed by atoms with Crippen molar-refractivity contribution in [1.29, 1.82) is 0 Å². The van der Waals surface area contributed by atoms with E-state index in [-0.39, 0.29) is 5.54 Å². The zero-order valence-electron chi connectivity index (χ0n) is 13.3. The molecule has 0 aromatic carbocycles. The second kappa shape index (κ2) is 6.57. The minimum atomic E-state index is 0.129. The molecule has 0 spiro atoms. The van der Waals surface area contributed by atoms with Crippen LogP contribution in [-0.2, 0) is 6.54 Å². The highest BCUT2D eigenvalue weighted by molar-refractivity contribution is 5.20. The van der Waals surface area contributed by atoms with Crippen molar-refractivity contribution in [3.8, 4) is 5.88 Å². The molecule has 3 heteroatoms. The van der Waals surface area contributed by atoms with Crippen LogP contribution in [0.5, 0.6) is 5.88 Å². The largest absolute Gasteiger partial charge is 0.474 e. The van der Waals surface area contributed by atoms with E-state index in [1.165, 1.54) is 18.4 Å². The third-order valence-electron chi connectivity index (χ3n) is 3.87. The number of nitrogens with zero attached hydrogens (tertiary/aromatic N) is 1. The van der Waals surface area contributed by atoms with Crippen LogP contribution in [0.1, 0.15) is 58.9 Å². The number of hydrogen-bond acceptors (Lipinski definition) is 3. The van der Waals surface area contributed by atoms with Gasteiger partial charge in [-0.3, -0.25) is 0 Å². The van der Waals surface area contributed by atoms with Gasteiger partial charge in [0, 0.05) is 24.3 Å². The van der Waals surface area contributed by atoms with Crippen LogP contribution in [0.15, 0.2) is 18.3 Å². The van der Waals surface area contributed by atoms with Crippen LogP contribution >= 0.6 is 0 Å². The summed E-state index contributed by atoms with van der Waals surface area (Å²) in [5.74, 6) is 1.63. The first-order valence-corrected chi connectivity index (χ1v) is 7.79. The molecule has 1 aliphatic carbocycles. The van der Waals surface area contributed by atoms with Gasteiger partial charge in [0.25, 0.3) is 0 Å². The van der Waals surface area contributed by atoms with E-state index in [9.17, 15) is 0 Å². The van der Waals surface area contributed by atoms with E-state index in [0.717, 1.165) is 31.2 Å². The lowest BCUT2D eigenvalue weighted by Gasteiger charge is -2.26. The molecule has 1 aromatic rings. The number of pyridine rings is 1. The molecule has 1 aliphatic rings. The maximum atomic E-state index is 6.04. The summed E-state index contributed by atoms with van der Waals surface area (Å²) in [4.78, 5) is 4.35. The minimum absolute atomic E-state index is 0.129. The SMILES string of the molecule is CC1CCC(Oc2cc(CNC(C)(C)C)ccn2)CC1. The van der Waals surface area contributed by atoms with Gasteiger partial charge >= 0.3 is 0 Å². The third-order valence-corrected chi connectivity index (χ3v) is 3.87. The molecule has 0 atom stereocenters.